The average Bonchev–Trinajstić information content (AvgIpc) is 3.99. The normalized spacial score (nSPS) is 24.0. The van der Waals surface area contributed by atoms with Gasteiger partial charge >= 0.3 is 0 Å². The van der Waals surface area contributed by atoms with Crippen molar-refractivity contribution in [2.75, 3.05) is 19.0 Å². The number of ether oxygens (including phenoxy) is 2. The monoisotopic (exact) mass is 705 g/mol. The van der Waals surface area contributed by atoms with E-state index in [0.29, 0.717) is 24.5 Å². The number of carbonyl (C=O) groups excluding carboxylic acids is 3. The summed E-state index contributed by atoms with van der Waals surface area (Å²) in [6, 6.07) is 7.23. The van der Waals surface area contributed by atoms with Gasteiger partial charge in [0.05, 0.1) is 18.4 Å². The van der Waals surface area contributed by atoms with Gasteiger partial charge in [-0.3, -0.25) is 29.3 Å². The Hall–Kier alpha value is -4.63. The molecule has 50 heavy (non-hydrogen) atoms. The van der Waals surface area contributed by atoms with Crippen LogP contribution < -0.4 is 24.8 Å². The van der Waals surface area contributed by atoms with E-state index in [1.54, 1.807) is 30.3 Å². The molecular weight excluding hydrogens is 662 g/mol. The van der Waals surface area contributed by atoms with Crippen molar-refractivity contribution in [3.8, 4) is 11.6 Å². The second-order valence-electron chi connectivity index (χ2n) is 13.7. The number of fused-ring (bicyclic) bond motifs is 1. The Kier molecular flexibility index (Phi) is 9.57. The first-order valence-corrected chi connectivity index (χ1v) is 18.3. The third-order valence-corrected chi connectivity index (χ3v) is 11.4. The highest BCUT2D eigenvalue weighted by atomic mass is 32.2. The molecular formula is C35H43N7O7S. The maximum atomic E-state index is 14.1. The summed E-state index contributed by atoms with van der Waals surface area (Å²) in [7, 11) is -2.30. The van der Waals surface area contributed by atoms with Crippen molar-refractivity contribution in [1.82, 2.24) is 29.9 Å². The van der Waals surface area contributed by atoms with E-state index in [1.807, 2.05) is 52.0 Å². The zero-order valence-electron chi connectivity index (χ0n) is 28.8. The lowest BCUT2D eigenvalue weighted by Crippen LogP contribution is -2.58. The SMILES string of the molecule is C=C[C@@H]1C[C@@]1(C(=O)NS(=O)(=O)C1CC1)N1C[C@H](Oc2nccc3cc(OC)ccc23)C[C@H]1C(=O)NC(=O)[C@@H](Nc1nc(C)cc(C)n1)C(C)C. The van der Waals surface area contributed by atoms with Crippen LogP contribution in [0, 0.1) is 25.7 Å². The molecule has 1 saturated heterocycles. The lowest BCUT2D eigenvalue weighted by atomic mass is 10.0. The summed E-state index contributed by atoms with van der Waals surface area (Å²) in [6.07, 6.45) is 3.88. The summed E-state index contributed by atoms with van der Waals surface area (Å²) in [4.78, 5) is 56.6. The number of sulfonamides is 1. The fourth-order valence-electron chi connectivity index (χ4n) is 6.78. The molecule has 2 aromatic heterocycles. The molecule has 3 heterocycles. The van der Waals surface area contributed by atoms with Crippen molar-refractivity contribution < 1.29 is 32.3 Å². The van der Waals surface area contributed by atoms with Crippen LogP contribution in [0.4, 0.5) is 5.95 Å². The minimum Gasteiger partial charge on any atom is -0.497 e. The number of methoxy groups -OCH3 is 1. The Morgan fingerprint density at radius 2 is 1.82 bits per heavy atom. The van der Waals surface area contributed by atoms with Gasteiger partial charge in [-0.15, -0.1) is 6.58 Å². The number of nitrogens with zero attached hydrogens (tertiary/aromatic N) is 4. The Bertz CT molecular complexity index is 1930. The number of anilines is 1. The van der Waals surface area contributed by atoms with Gasteiger partial charge in [-0.2, -0.15) is 0 Å². The molecule has 3 aliphatic rings. The van der Waals surface area contributed by atoms with Crippen LogP contribution >= 0.6 is 0 Å². The summed E-state index contributed by atoms with van der Waals surface area (Å²) >= 11 is 0. The number of carbonyl (C=O) groups is 3. The van der Waals surface area contributed by atoms with Crippen molar-refractivity contribution in [3.63, 3.8) is 0 Å². The van der Waals surface area contributed by atoms with E-state index in [1.165, 1.54) is 0 Å². The molecule has 6 rings (SSSR count). The molecule has 2 saturated carbocycles. The maximum Gasteiger partial charge on any atom is 0.254 e. The summed E-state index contributed by atoms with van der Waals surface area (Å²) in [5.41, 5.74) is 0.0644. The molecule has 1 aromatic carbocycles. The molecule has 0 radical (unpaired) electrons. The molecule has 15 heteroatoms. The minimum atomic E-state index is -3.88. The fraction of sp³-hybridized carbons (Fsp3) is 0.486. The van der Waals surface area contributed by atoms with Crippen LogP contribution in [0.3, 0.4) is 0 Å². The summed E-state index contributed by atoms with van der Waals surface area (Å²) in [5.74, 6) is -1.38. The van der Waals surface area contributed by atoms with Crippen LogP contribution in [0.2, 0.25) is 0 Å². The number of rotatable bonds is 13. The van der Waals surface area contributed by atoms with Crippen molar-refractivity contribution >= 4 is 44.5 Å². The number of imide groups is 1. The highest BCUT2D eigenvalue weighted by molar-refractivity contribution is 7.91. The number of aryl methyl sites for hydroxylation is 2. The van der Waals surface area contributed by atoms with Gasteiger partial charge in [-0.05, 0) is 74.7 Å². The number of likely N-dealkylation sites (tertiary alicyclic amines) is 1. The first kappa shape index (κ1) is 35.2. The lowest BCUT2D eigenvalue weighted by Gasteiger charge is -2.32. The molecule has 3 fully saturated rings. The molecule has 3 amide bonds. The topological polar surface area (TPSA) is 182 Å². The Morgan fingerprint density at radius 1 is 1.10 bits per heavy atom. The average molecular weight is 706 g/mol. The maximum absolute atomic E-state index is 14.1. The number of hydrogen-bond donors (Lipinski definition) is 3. The third-order valence-electron chi connectivity index (χ3n) is 9.61. The van der Waals surface area contributed by atoms with E-state index in [4.69, 9.17) is 9.47 Å². The summed E-state index contributed by atoms with van der Waals surface area (Å²) < 4.78 is 39.9. The Morgan fingerprint density at radius 3 is 2.44 bits per heavy atom. The second kappa shape index (κ2) is 13.6. The van der Waals surface area contributed by atoms with Gasteiger partial charge in [0.25, 0.3) is 5.91 Å². The van der Waals surface area contributed by atoms with Gasteiger partial charge in [0.2, 0.25) is 33.7 Å². The molecule has 5 atom stereocenters. The first-order valence-electron chi connectivity index (χ1n) is 16.7. The standard InChI is InChI=1S/C35H43N7O7S/c1-7-23-17-35(23,33(45)41-50(46,47)26-9-10-26)42-18-25(49-32-27-11-8-24(48-6)15-22(27)12-13-36-32)16-28(42)30(43)40-31(44)29(19(2)3)39-34-37-20(4)14-21(5)38-34/h7-8,11-15,19,23,25-26,28-29H,1,9-10,16-18H2,2-6H3,(H,41,45)(H,37,38,39)(H,40,43,44)/t23-,25-,28+,29+,35-/m1/s1. The number of benzene rings is 1. The highest BCUT2D eigenvalue weighted by Crippen LogP contribution is 2.53. The van der Waals surface area contributed by atoms with Gasteiger partial charge in [0, 0.05) is 41.9 Å². The van der Waals surface area contributed by atoms with Gasteiger partial charge in [0.15, 0.2) is 0 Å². The van der Waals surface area contributed by atoms with Crippen LogP contribution in [0.15, 0.2) is 49.2 Å². The van der Waals surface area contributed by atoms with Crippen LogP contribution in [0.5, 0.6) is 11.6 Å². The fourth-order valence-corrected chi connectivity index (χ4v) is 8.14. The van der Waals surface area contributed by atoms with Gasteiger partial charge in [-0.25, -0.2) is 23.4 Å². The van der Waals surface area contributed by atoms with E-state index in [0.717, 1.165) is 22.2 Å². The van der Waals surface area contributed by atoms with E-state index >= 15 is 0 Å². The molecule has 2 aliphatic carbocycles. The molecule has 0 unspecified atom stereocenters. The highest BCUT2D eigenvalue weighted by Gasteiger charge is 2.67. The number of nitrogens with one attached hydrogen (secondary N) is 3. The Labute approximate surface area is 291 Å². The lowest BCUT2D eigenvalue weighted by molar-refractivity contribution is -0.136. The number of pyridine rings is 1. The van der Waals surface area contributed by atoms with Gasteiger partial charge in [-0.1, -0.05) is 19.9 Å². The molecule has 3 aromatic rings. The van der Waals surface area contributed by atoms with Gasteiger partial charge < -0.3 is 14.8 Å². The predicted octanol–water partition coefficient (Wildman–Crippen LogP) is 2.80. The van der Waals surface area contributed by atoms with Crippen LogP contribution in [0.1, 0.15) is 50.9 Å². The quantitative estimate of drug-likeness (QED) is 0.222. The van der Waals surface area contributed by atoms with E-state index in [-0.39, 0.29) is 31.3 Å². The molecule has 0 spiro atoms. The second-order valence-corrected chi connectivity index (χ2v) is 15.6. The summed E-state index contributed by atoms with van der Waals surface area (Å²) in [6.45, 7) is 11.3. The molecule has 1 aliphatic heterocycles. The number of amides is 3. The molecule has 266 valence electrons. The smallest absolute Gasteiger partial charge is 0.254 e. The van der Waals surface area contributed by atoms with Crippen molar-refractivity contribution in [1.29, 1.82) is 0 Å². The largest absolute Gasteiger partial charge is 0.497 e. The zero-order chi connectivity index (χ0) is 36.0. The summed E-state index contributed by atoms with van der Waals surface area (Å²) in [5, 5.41) is 6.56. The van der Waals surface area contributed by atoms with Crippen LogP contribution in [-0.2, 0) is 24.4 Å². The number of hydrogen-bond acceptors (Lipinski definition) is 12. The first-order chi connectivity index (χ1) is 23.7. The molecule has 14 nitrogen and oxygen atoms in total. The van der Waals surface area contributed by atoms with Crippen LogP contribution in [-0.4, -0.2) is 88.6 Å². The van der Waals surface area contributed by atoms with Crippen LogP contribution in [0.25, 0.3) is 10.8 Å². The van der Waals surface area contributed by atoms with Crippen molar-refractivity contribution in [3.05, 3.63) is 60.6 Å². The molecule has 3 N–H and O–H groups in total. The van der Waals surface area contributed by atoms with E-state index in [2.05, 4.69) is 36.9 Å². The van der Waals surface area contributed by atoms with Gasteiger partial charge in [0.1, 0.15) is 23.4 Å². The number of aromatic nitrogens is 3. The zero-order valence-corrected chi connectivity index (χ0v) is 29.6. The minimum absolute atomic E-state index is 0.0873. The van der Waals surface area contributed by atoms with E-state index in [9.17, 15) is 22.8 Å². The van der Waals surface area contributed by atoms with Crippen molar-refractivity contribution in [2.24, 2.45) is 11.8 Å². The predicted molar refractivity (Wildman–Crippen MR) is 186 cm³/mol. The Balaban J connectivity index is 1.29. The molecule has 0 bridgehead atoms. The third kappa shape index (κ3) is 7.01. The van der Waals surface area contributed by atoms with E-state index < -0.39 is 62.6 Å². The van der Waals surface area contributed by atoms with Crippen molar-refractivity contribution in [2.45, 2.75) is 82.4 Å².